The number of aromatic nitrogens is 4. The lowest BCUT2D eigenvalue weighted by atomic mass is 9.96. The average Bonchev–Trinajstić information content (AvgIpc) is 3.52. The maximum Gasteiger partial charge on any atom is 0.327 e. The zero-order valence-electron chi connectivity index (χ0n) is 25.2. The lowest BCUT2D eigenvalue weighted by Crippen LogP contribution is -2.44. The van der Waals surface area contributed by atoms with E-state index in [1.54, 1.807) is 13.8 Å². The number of aliphatic hydroxyl groups is 2. The van der Waals surface area contributed by atoms with Crippen LogP contribution in [0.15, 0.2) is 6.33 Å². The van der Waals surface area contributed by atoms with Crippen LogP contribution in [-0.4, -0.2) is 127 Å². The van der Waals surface area contributed by atoms with Crippen molar-refractivity contribution >= 4 is 53.1 Å². The Morgan fingerprint density at radius 3 is 2.57 bits per heavy atom. The number of nitrogens with zero attached hydrogens (tertiary/aromatic N) is 6. The number of imide groups is 1. The Morgan fingerprint density at radius 1 is 1.30 bits per heavy atom. The van der Waals surface area contributed by atoms with Gasteiger partial charge in [0.25, 0.3) is 5.91 Å². The Kier molecular flexibility index (Phi) is 9.80. The van der Waals surface area contributed by atoms with Crippen LogP contribution in [-0.2, 0) is 28.2 Å². The number of carbonyl (C=O) groups excluding carboxylic acids is 3. The fourth-order valence-corrected chi connectivity index (χ4v) is 8.68. The maximum absolute atomic E-state index is 14.1. The number of anilines is 1. The molecule has 0 bridgehead atoms. The Morgan fingerprint density at radius 2 is 1.98 bits per heavy atom. The zero-order valence-corrected chi connectivity index (χ0v) is 26.9. The molecule has 1 unspecified atom stereocenters. The van der Waals surface area contributed by atoms with Crippen molar-refractivity contribution in [3.63, 3.8) is 0 Å². The van der Waals surface area contributed by atoms with Crippen molar-refractivity contribution in [3.05, 3.63) is 6.33 Å². The third kappa shape index (κ3) is 6.49. The van der Waals surface area contributed by atoms with Crippen LogP contribution in [0.5, 0.6) is 5.88 Å². The number of rotatable bonds is 12. The molecule has 2 aromatic heterocycles. The number of nitrogens with two attached hydrogens (primary N) is 1. The zero-order chi connectivity index (χ0) is 32.7. The third-order valence-electron chi connectivity index (χ3n) is 7.15. The van der Waals surface area contributed by atoms with Crippen LogP contribution in [0.1, 0.15) is 33.9 Å². The van der Waals surface area contributed by atoms with Crippen molar-refractivity contribution in [2.75, 3.05) is 39.3 Å². The molecule has 5 N–H and O–H groups in total. The molecule has 4 heterocycles. The number of carbonyl (C=O) groups is 3. The van der Waals surface area contributed by atoms with Gasteiger partial charge in [-0.05, 0) is 27.7 Å². The lowest BCUT2D eigenvalue weighted by Gasteiger charge is -2.27. The quantitative estimate of drug-likeness (QED) is 0.134. The van der Waals surface area contributed by atoms with E-state index in [9.17, 15) is 29.2 Å². The van der Waals surface area contributed by atoms with Crippen molar-refractivity contribution in [2.24, 2.45) is 0 Å². The van der Waals surface area contributed by atoms with Gasteiger partial charge < -0.3 is 39.6 Å². The summed E-state index contributed by atoms with van der Waals surface area (Å²) in [5.74, 6) is -1.36. The standard InChI is InChI=1S/C24H37N8O10PS/c1-11(2)41-20(35)12(3)29-43(38,44-9-13-19(34)31(6)23(36)30(13)5)40-8-14-16(33)24(4,37)21(42-14)32-10-26-15-17(32)27-22(25)28-18(15)39-7/h10-14,16,21,33,37H,8-9H2,1-7H3,(H,29,38)(H2,25,27,28)/t12-,13+,14-,16-,21-,24-,43?/m1/s1. The van der Waals surface area contributed by atoms with Gasteiger partial charge in [-0.25, -0.2) is 14.9 Å². The van der Waals surface area contributed by atoms with Crippen LogP contribution in [0.4, 0.5) is 10.7 Å². The van der Waals surface area contributed by atoms with E-state index in [4.69, 9.17) is 24.5 Å². The molecule has 2 aliphatic rings. The molecule has 44 heavy (non-hydrogen) atoms. The molecule has 18 nitrogen and oxygen atoms in total. The molecule has 0 aliphatic carbocycles. The summed E-state index contributed by atoms with van der Waals surface area (Å²) >= 11 is 0.701. The summed E-state index contributed by atoms with van der Waals surface area (Å²) in [6.45, 7) is 1.50. The Bertz CT molecular complexity index is 1470. The number of esters is 1. The highest BCUT2D eigenvalue weighted by atomic mass is 32.7. The summed E-state index contributed by atoms with van der Waals surface area (Å²) in [4.78, 5) is 51.9. The summed E-state index contributed by atoms with van der Waals surface area (Å²) in [7, 11) is 4.16. The van der Waals surface area contributed by atoms with E-state index in [2.05, 4.69) is 20.0 Å². The van der Waals surface area contributed by atoms with E-state index in [1.165, 1.54) is 50.8 Å². The Hall–Kier alpha value is -3.06. The molecular weight excluding hydrogens is 623 g/mol. The number of urea groups is 1. The highest BCUT2D eigenvalue weighted by molar-refractivity contribution is 8.56. The minimum atomic E-state index is -4.06. The first-order valence-corrected chi connectivity index (χ1v) is 16.7. The molecule has 0 radical (unpaired) electrons. The van der Waals surface area contributed by atoms with E-state index in [0.717, 1.165) is 4.90 Å². The number of nitrogen functional groups attached to an aromatic ring is 1. The number of likely N-dealkylation sites (N-methyl/N-ethyl adjacent to an activating group) is 2. The monoisotopic (exact) mass is 660 g/mol. The Labute approximate surface area is 256 Å². The fraction of sp³-hybridized carbons (Fsp3) is 0.667. The normalized spacial score (nSPS) is 27.8. The number of hydrogen-bond donors (Lipinski definition) is 4. The van der Waals surface area contributed by atoms with Crippen LogP contribution in [0.2, 0.25) is 0 Å². The second-order valence-electron chi connectivity index (χ2n) is 10.8. The van der Waals surface area contributed by atoms with Crippen molar-refractivity contribution in [1.82, 2.24) is 34.4 Å². The van der Waals surface area contributed by atoms with Crippen LogP contribution in [0, 0.1) is 0 Å². The van der Waals surface area contributed by atoms with Gasteiger partial charge in [0.2, 0.25) is 11.8 Å². The van der Waals surface area contributed by atoms with Gasteiger partial charge in [0.05, 0.1) is 26.1 Å². The molecule has 2 saturated heterocycles. The number of hydrogen-bond acceptors (Lipinski definition) is 15. The predicted molar refractivity (Wildman–Crippen MR) is 156 cm³/mol. The molecule has 2 aromatic rings. The molecule has 0 aromatic carbocycles. The highest BCUT2D eigenvalue weighted by Gasteiger charge is 2.54. The summed E-state index contributed by atoms with van der Waals surface area (Å²) < 4.78 is 37.6. The Balaban J connectivity index is 1.55. The van der Waals surface area contributed by atoms with Gasteiger partial charge in [0.1, 0.15) is 29.9 Å². The molecule has 3 amide bonds. The van der Waals surface area contributed by atoms with Gasteiger partial charge in [0.15, 0.2) is 17.4 Å². The second kappa shape index (κ2) is 12.7. The van der Waals surface area contributed by atoms with Crippen LogP contribution in [0.3, 0.4) is 0 Å². The number of ether oxygens (including phenoxy) is 3. The molecule has 0 saturated carbocycles. The summed E-state index contributed by atoms with van der Waals surface area (Å²) in [5.41, 5.74) is 4.28. The van der Waals surface area contributed by atoms with Gasteiger partial charge >= 0.3 is 18.7 Å². The van der Waals surface area contributed by atoms with Gasteiger partial charge in [-0.15, -0.1) is 0 Å². The molecule has 20 heteroatoms. The number of fused-ring (bicyclic) bond motifs is 1. The van der Waals surface area contributed by atoms with Crippen LogP contribution >= 0.6 is 18.1 Å². The minimum absolute atomic E-state index is 0.0951. The van der Waals surface area contributed by atoms with E-state index < -0.39 is 73.5 Å². The topological polar surface area (TPSA) is 234 Å². The number of methoxy groups -OCH3 is 1. The summed E-state index contributed by atoms with van der Waals surface area (Å²) in [5, 5.41) is 25.0. The van der Waals surface area contributed by atoms with Crippen molar-refractivity contribution in [2.45, 2.75) is 69.9 Å². The van der Waals surface area contributed by atoms with E-state index in [0.29, 0.717) is 11.4 Å². The van der Waals surface area contributed by atoms with Crippen LogP contribution < -0.4 is 15.6 Å². The van der Waals surface area contributed by atoms with Crippen molar-refractivity contribution in [3.8, 4) is 5.88 Å². The molecule has 7 atom stereocenters. The van der Waals surface area contributed by atoms with Gasteiger partial charge in [-0.1, -0.05) is 11.4 Å². The first-order chi connectivity index (χ1) is 20.5. The van der Waals surface area contributed by atoms with Crippen molar-refractivity contribution in [1.29, 1.82) is 0 Å². The average molecular weight is 661 g/mol. The predicted octanol–water partition coefficient (Wildman–Crippen LogP) is 0.106. The number of amides is 3. The van der Waals surface area contributed by atoms with E-state index >= 15 is 0 Å². The number of aliphatic hydroxyl groups excluding tert-OH is 1. The first kappa shape index (κ1) is 33.8. The summed E-state index contributed by atoms with van der Waals surface area (Å²) in [6.07, 6.45) is -3.16. The largest absolute Gasteiger partial charge is 0.479 e. The minimum Gasteiger partial charge on any atom is -0.479 e. The third-order valence-corrected chi connectivity index (χ3v) is 11.2. The smallest absolute Gasteiger partial charge is 0.327 e. The van der Waals surface area contributed by atoms with Crippen LogP contribution in [0.25, 0.3) is 11.2 Å². The maximum atomic E-state index is 14.1. The van der Waals surface area contributed by atoms with Gasteiger partial charge in [-0.2, -0.15) is 9.97 Å². The summed E-state index contributed by atoms with van der Waals surface area (Å²) in [6, 6.07) is -2.56. The molecule has 4 rings (SSSR count). The van der Waals surface area contributed by atoms with E-state index in [-0.39, 0.29) is 28.7 Å². The SMILES string of the molecule is COc1nc(N)nc2c1ncn2[C@@H]1O[C@H](COP(=O)(N[C@H](C)C(=O)OC(C)C)SC[C@H]2C(=O)N(C)C(=O)N2C)[C@@H](O)[C@@]1(C)O. The van der Waals surface area contributed by atoms with Gasteiger partial charge in [0, 0.05) is 19.8 Å². The fourth-order valence-electron chi connectivity index (χ4n) is 4.71. The molecule has 0 spiro atoms. The molecule has 244 valence electrons. The molecule has 2 aliphatic heterocycles. The number of imidazole rings is 1. The molecular formula is C24H37N8O10PS. The molecule has 2 fully saturated rings. The van der Waals surface area contributed by atoms with Gasteiger partial charge in [-0.3, -0.25) is 23.6 Å². The first-order valence-electron chi connectivity index (χ1n) is 13.5. The lowest BCUT2D eigenvalue weighted by molar-refractivity contribution is -0.149. The second-order valence-corrected chi connectivity index (χ2v) is 15.2. The van der Waals surface area contributed by atoms with E-state index in [1.807, 2.05) is 0 Å². The highest BCUT2D eigenvalue weighted by Crippen LogP contribution is 2.57. The number of nitrogens with one attached hydrogen (secondary N) is 1. The van der Waals surface area contributed by atoms with Crippen molar-refractivity contribution < 1.29 is 47.9 Å².